The zero-order valence-corrected chi connectivity index (χ0v) is 19.3. The third-order valence-corrected chi connectivity index (χ3v) is 6.83. The summed E-state index contributed by atoms with van der Waals surface area (Å²) >= 11 is 0. The van der Waals surface area contributed by atoms with Gasteiger partial charge in [0.1, 0.15) is 17.3 Å². The zero-order valence-electron chi connectivity index (χ0n) is 19.3. The predicted octanol–water partition coefficient (Wildman–Crippen LogP) is 4.70. The average molecular weight is 441 g/mol. The fraction of sp³-hybridized carbons (Fsp3) is 0.500. The van der Waals surface area contributed by atoms with E-state index in [1.807, 2.05) is 13.8 Å². The molecule has 1 amide bonds. The van der Waals surface area contributed by atoms with Gasteiger partial charge in [0.2, 0.25) is 5.91 Å². The summed E-state index contributed by atoms with van der Waals surface area (Å²) in [5.74, 6) is 1.50. The number of nitrogens with one attached hydrogen (secondary N) is 1. The highest BCUT2D eigenvalue weighted by Crippen LogP contribution is 2.44. The molecule has 2 heterocycles. The van der Waals surface area contributed by atoms with Crippen LogP contribution in [0.3, 0.4) is 0 Å². The number of hydrogen-bond donors (Lipinski definition) is 1. The van der Waals surface area contributed by atoms with Crippen LogP contribution in [-0.2, 0) is 11.3 Å². The molecular weight excluding hydrogens is 407 g/mol. The molecule has 0 saturated carbocycles. The number of halogens is 1. The number of ether oxygens (including phenoxy) is 2. The molecule has 0 aliphatic carbocycles. The second-order valence-electron chi connectivity index (χ2n) is 8.97. The van der Waals surface area contributed by atoms with Gasteiger partial charge in [-0.3, -0.25) is 9.69 Å². The van der Waals surface area contributed by atoms with Crippen molar-refractivity contribution in [3.05, 3.63) is 47.3 Å². The van der Waals surface area contributed by atoms with E-state index in [4.69, 9.17) is 9.47 Å². The fourth-order valence-electron chi connectivity index (χ4n) is 4.96. The van der Waals surface area contributed by atoms with Crippen LogP contribution < -0.4 is 14.8 Å². The zero-order chi connectivity index (χ0) is 22.7. The molecular formula is C26H33FN2O3. The normalized spacial score (nSPS) is 18.1. The smallest absolute Gasteiger partial charge is 0.220 e. The van der Waals surface area contributed by atoms with Gasteiger partial charge in [0.15, 0.2) is 0 Å². The number of hydrogen-bond acceptors (Lipinski definition) is 4. The molecule has 0 atom stereocenters. The molecule has 32 heavy (non-hydrogen) atoms. The van der Waals surface area contributed by atoms with E-state index in [0.29, 0.717) is 19.6 Å². The van der Waals surface area contributed by atoms with Gasteiger partial charge in [-0.1, -0.05) is 12.1 Å². The van der Waals surface area contributed by atoms with E-state index in [2.05, 4.69) is 23.2 Å². The van der Waals surface area contributed by atoms with E-state index in [0.717, 1.165) is 67.2 Å². The lowest BCUT2D eigenvalue weighted by Crippen LogP contribution is -2.40. The molecule has 1 N–H and O–H groups in total. The second kappa shape index (κ2) is 9.49. The summed E-state index contributed by atoms with van der Waals surface area (Å²) in [7, 11) is 0. The van der Waals surface area contributed by atoms with E-state index in [1.165, 1.54) is 17.7 Å². The largest absolute Gasteiger partial charge is 0.493 e. The Kier molecular flexibility index (Phi) is 6.70. The van der Waals surface area contributed by atoms with Crippen LogP contribution in [0.5, 0.6) is 11.5 Å². The van der Waals surface area contributed by atoms with E-state index in [9.17, 15) is 9.18 Å². The van der Waals surface area contributed by atoms with E-state index < -0.39 is 0 Å². The number of rotatable bonds is 7. The minimum absolute atomic E-state index is 0.141. The maximum Gasteiger partial charge on any atom is 0.220 e. The Morgan fingerprint density at radius 2 is 1.78 bits per heavy atom. The Hall–Kier alpha value is -2.60. The second-order valence-corrected chi connectivity index (χ2v) is 8.97. The van der Waals surface area contributed by atoms with Crippen molar-refractivity contribution in [1.82, 2.24) is 10.2 Å². The quantitative estimate of drug-likeness (QED) is 0.678. The van der Waals surface area contributed by atoms with Crippen LogP contribution in [0, 0.1) is 18.2 Å². The molecule has 2 saturated heterocycles. The number of likely N-dealkylation sites (tertiary alicyclic amines) is 1. The maximum absolute atomic E-state index is 13.5. The van der Waals surface area contributed by atoms with Crippen molar-refractivity contribution in [1.29, 1.82) is 0 Å². The van der Waals surface area contributed by atoms with Crippen LogP contribution in [-0.4, -0.2) is 43.7 Å². The minimum Gasteiger partial charge on any atom is -0.493 e. The molecule has 0 bridgehead atoms. The van der Waals surface area contributed by atoms with E-state index in [1.54, 1.807) is 12.1 Å². The molecule has 4 rings (SSSR count). The highest BCUT2D eigenvalue weighted by atomic mass is 19.1. The van der Waals surface area contributed by atoms with E-state index in [-0.39, 0.29) is 17.1 Å². The monoisotopic (exact) mass is 440 g/mol. The first-order valence-electron chi connectivity index (χ1n) is 11.6. The standard InChI is InChI=1S/C26H33FN2O3/c1-4-31-22-14-20(16-29-12-10-26(11-13-29)15-23(30)28-17-26)18(3)25(32-5-2)24(22)19-6-8-21(27)9-7-19/h6-9,14H,4-5,10-13,15-17H2,1-3H3,(H,28,30). The fourth-order valence-corrected chi connectivity index (χ4v) is 4.96. The Morgan fingerprint density at radius 3 is 2.38 bits per heavy atom. The first-order valence-corrected chi connectivity index (χ1v) is 11.6. The van der Waals surface area contributed by atoms with Crippen molar-refractivity contribution in [3.63, 3.8) is 0 Å². The number of piperidine rings is 1. The van der Waals surface area contributed by atoms with Gasteiger partial charge < -0.3 is 14.8 Å². The van der Waals surface area contributed by atoms with Crippen molar-refractivity contribution in [2.45, 2.75) is 46.6 Å². The molecule has 2 aliphatic rings. The Bertz CT molecular complexity index is 966. The summed E-state index contributed by atoms with van der Waals surface area (Å²) in [4.78, 5) is 14.2. The number of amides is 1. The highest BCUT2D eigenvalue weighted by molar-refractivity contribution is 5.80. The van der Waals surface area contributed by atoms with Crippen LogP contribution in [0.4, 0.5) is 4.39 Å². The summed E-state index contributed by atoms with van der Waals surface area (Å²) in [6.07, 6.45) is 2.74. The van der Waals surface area contributed by atoms with Crippen LogP contribution >= 0.6 is 0 Å². The van der Waals surface area contributed by atoms with Gasteiger partial charge in [0.05, 0.1) is 18.8 Å². The summed E-state index contributed by atoms with van der Waals surface area (Å²) in [6, 6.07) is 8.60. The summed E-state index contributed by atoms with van der Waals surface area (Å²) < 4.78 is 25.7. The van der Waals surface area contributed by atoms with Gasteiger partial charge in [-0.15, -0.1) is 0 Å². The van der Waals surface area contributed by atoms with Gasteiger partial charge >= 0.3 is 0 Å². The topological polar surface area (TPSA) is 50.8 Å². The van der Waals surface area contributed by atoms with Gasteiger partial charge in [0, 0.05) is 19.5 Å². The number of benzene rings is 2. The molecule has 2 aliphatic heterocycles. The number of carbonyl (C=O) groups is 1. The molecule has 2 fully saturated rings. The van der Waals surface area contributed by atoms with Gasteiger partial charge in [-0.2, -0.15) is 0 Å². The van der Waals surface area contributed by atoms with Crippen LogP contribution in [0.2, 0.25) is 0 Å². The van der Waals surface area contributed by atoms with Gasteiger partial charge in [-0.05, 0) is 87.0 Å². The molecule has 172 valence electrons. The Labute approximate surface area is 189 Å². The first-order chi connectivity index (χ1) is 15.4. The summed E-state index contributed by atoms with van der Waals surface area (Å²) in [5, 5.41) is 3.01. The Balaban J connectivity index is 1.63. The molecule has 6 heteroatoms. The predicted molar refractivity (Wildman–Crippen MR) is 123 cm³/mol. The number of carbonyl (C=O) groups excluding carboxylic acids is 1. The maximum atomic E-state index is 13.5. The van der Waals surface area contributed by atoms with Gasteiger partial charge in [0.25, 0.3) is 0 Å². The lowest BCUT2D eigenvalue weighted by Gasteiger charge is -2.38. The minimum atomic E-state index is -0.264. The average Bonchev–Trinajstić information content (AvgIpc) is 3.14. The van der Waals surface area contributed by atoms with Crippen LogP contribution in [0.25, 0.3) is 11.1 Å². The third kappa shape index (κ3) is 4.60. The van der Waals surface area contributed by atoms with Crippen molar-refractivity contribution in [2.24, 2.45) is 5.41 Å². The molecule has 0 radical (unpaired) electrons. The molecule has 0 aromatic heterocycles. The summed E-state index contributed by atoms with van der Waals surface area (Å²) in [6.45, 7) is 10.7. The van der Waals surface area contributed by atoms with Crippen molar-refractivity contribution in [3.8, 4) is 22.6 Å². The number of nitrogens with zero attached hydrogens (tertiary/aromatic N) is 1. The lowest BCUT2D eigenvalue weighted by atomic mass is 9.77. The van der Waals surface area contributed by atoms with Gasteiger partial charge in [-0.25, -0.2) is 4.39 Å². The first kappa shape index (κ1) is 22.6. The van der Waals surface area contributed by atoms with E-state index >= 15 is 0 Å². The molecule has 1 spiro atoms. The summed E-state index contributed by atoms with van der Waals surface area (Å²) in [5.41, 5.74) is 4.17. The lowest BCUT2D eigenvalue weighted by molar-refractivity contribution is -0.119. The molecule has 5 nitrogen and oxygen atoms in total. The van der Waals surface area contributed by atoms with Crippen molar-refractivity contribution < 1.29 is 18.7 Å². The molecule has 2 aromatic rings. The Morgan fingerprint density at radius 1 is 1.09 bits per heavy atom. The third-order valence-electron chi connectivity index (χ3n) is 6.83. The van der Waals surface area contributed by atoms with Crippen LogP contribution in [0.1, 0.15) is 44.2 Å². The van der Waals surface area contributed by atoms with Crippen LogP contribution in [0.15, 0.2) is 30.3 Å². The SMILES string of the molecule is CCOc1cc(CN2CCC3(CC2)CNC(=O)C3)c(C)c(OCC)c1-c1ccc(F)cc1. The molecule has 0 unspecified atom stereocenters. The highest BCUT2D eigenvalue weighted by Gasteiger charge is 2.40. The van der Waals surface area contributed by atoms with Crippen molar-refractivity contribution >= 4 is 5.91 Å². The molecule has 2 aromatic carbocycles. The van der Waals surface area contributed by atoms with Crippen molar-refractivity contribution in [2.75, 3.05) is 32.8 Å².